The van der Waals surface area contributed by atoms with Crippen LogP contribution in [-0.4, -0.2) is 42.5 Å². The van der Waals surface area contributed by atoms with E-state index in [4.69, 9.17) is 0 Å². The summed E-state index contributed by atoms with van der Waals surface area (Å²) in [5.41, 5.74) is 3.42. The number of hydrogen-bond donors (Lipinski definition) is 1. The summed E-state index contributed by atoms with van der Waals surface area (Å²) >= 11 is 0. The molecule has 0 aromatic heterocycles. The number of aliphatic imine (C=N–C) groups is 2. The molecule has 0 aliphatic carbocycles. The average Bonchev–Trinajstić information content (AvgIpc) is 2.64. The van der Waals surface area contributed by atoms with Crippen molar-refractivity contribution in [2.24, 2.45) is 9.98 Å². The molecular formula is C20H28N4O. The van der Waals surface area contributed by atoms with Crippen LogP contribution in [0.15, 0.2) is 47.0 Å². The molecule has 0 unspecified atom stereocenters. The highest BCUT2D eigenvalue weighted by Gasteiger charge is 2.15. The van der Waals surface area contributed by atoms with Crippen LogP contribution in [0.5, 0.6) is 0 Å². The molecule has 0 bridgehead atoms. The predicted molar refractivity (Wildman–Crippen MR) is 104 cm³/mol. The van der Waals surface area contributed by atoms with Crippen LogP contribution in [0.3, 0.4) is 0 Å². The number of fused-ring (bicyclic) bond motifs is 1. The van der Waals surface area contributed by atoms with Crippen LogP contribution in [-0.2, 0) is 17.8 Å². The number of amides is 1. The Bertz CT molecular complexity index is 636. The lowest BCUT2D eigenvalue weighted by Crippen LogP contribution is -2.35. The van der Waals surface area contributed by atoms with Gasteiger partial charge in [0.2, 0.25) is 0 Å². The Labute approximate surface area is 150 Å². The minimum Gasteiger partial charge on any atom is -0.351 e. The third kappa shape index (κ3) is 6.27. The molecule has 0 radical (unpaired) electrons. The SMILES string of the molecule is C=C/N=C\N=C(/CCC)C(=O)NCCCN1CCc2ccccc2C1. The van der Waals surface area contributed by atoms with E-state index in [9.17, 15) is 4.79 Å². The summed E-state index contributed by atoms with van der Waals surface area (Å²) in [5.74, 6) is -0.0960. The van der Waals surface area contributed by atoms with Crippen LogP contribution in [0.1, 0.15) is 37.3 Å². The van der Waals surface area contributed by atoms with Crippen molar-refractivity contribution in [3.63, 3.8) is 0 Å². The van der Waals surface area contributed by atoms with Gasteiger partial charge < -0.3 is 5.32 Å². The maximum atomic E-state index is 12.2. The van der Waals surface area contributed by atoms with Gasteiger partial charge in [-0.05, 0) is 30.4 Å². The lowest BCUT2D eigenvalue weighted by Gasteiger charge is -2.28. The number of nitrogens with one attached hydrogen (secondary N) is 1. The topological polar surface area (TPSA) is 57.1 Å². The predicted octanol–water partition coefficient (Wildman–Crippen LogP) is 2.96. The zero-order valence-electron chi connectivity index (χ0n) is 15.1. The summed E-state index contributed by atoms with van der Waals surface area (Å²) in [7, 11) is 0. The molecule has 5 nitrogen and oxygen atoms in total. The van der Waals surface area contributed by atoms with E-state index >= 15 is 0 Å². The average molecular weight is 340 g/mol. The van der Waals surface area contributed by atoms with E-state index in [2.05, 4.69) is 51.0 Å². The molecular weight excluding hydrogens is 312 g/mol. The van der Waals surface area contributed by atoms with E-state index in [1.165, 1.54) is 23.7 Å². The van der Waals surface area contributed by atoms with Crippen LogP contribution >= 0.6 is 0 Å². The molecule has 0 saturated heterocycles. The molecule has 1 aliphatic rings. The summed E-state index contributed by atoms with van der Waals surface area (Å²) in [6, 6.07) is 8.64. The minimum absolute atomic E-state index is 0.0960. The first-order valence-corrected chi connectivity index (χ1v) is 9.01. The van der Waals surface area contributed by atoms with Gasteiger partial charge in [-0.25, -0.2) is 9.98 Å². The summed E-state index contributed by atoms with van der Waals surface area (Å²) in [6.07, 6.45) is 6.36. The van der Waals surface area contributed by atoms with Crippen LogP contribution in [0.2, 0.25) is 0 Å². The number of carbonyl (C=O) groups is 1. The van der Waals surface area contributed by atoms with Gasteiger partial charge in [-0.1, -0.05) is 44.2 Å². The molecule has 25 heavy (non-hydrogen) atoms. The molecule has 1 aromatic rings. The molecule has 2 rings (SSSR count). The van der Waals surface area contributed by atoms with Crippen molar-refractivity contribution >= 4 is 18.0 Å². The van der Waals surface area contributed by atoms with Gasteiger partial charge >= 0.3 is 0 Å². The van der Waals surface area contributed by atoms with Gasteiger partial charge in [-0.15, -0.1) is 0 Å². The molecule has 5 heteroatoms. The van der Waals surface area contributed by atoms with E-state index in [1.54, 1.807) is 0 Å². The molecule has 1 heterocycles. The van der Waals surface area contributed by atoms with Gasteiger partial charge in [0.25, 0.3) is 5.91 Å². The second kappa shape index (κ2) is 10.6. The summed E-state index contributed by atoms with van der Waals surface area (Å²) < 4.78 is 0. The largest absolute Gasteiger partial charge is 0.351 e. The Kier molecular flexibility index (Phi) is 8.05. The van der Waals surface area contributed by atoms with Gasteiger partial charge in [-0.3, -0.25) is 9.69 Å². The number of hydrogen-bond acceptors (Lipinski definition) is 3. The Balaban J connectivity index is 1.73. The van der Waals surface area contributed by atoms with Crippen LogP contribution in [0.25, 0.3) is 0 Å². The van der Waals surface area contributed by atoms with Gasteiger partial charge in [0.05, 0.1) is 0 Å². The van der Waals surface area contributed by atoms with E-state index in [1.807, 2.05) is 6.92 Å². The fourth-order valence-corrected chi connectivity index (χ4v) is 2.98. The molecule has 1 aliphatic heterocycles. The van der Waals surface area contributed by atoms with E-state index in [0.29, 0.717) is 18.7 Å². The van der Waals surface area contributed by atoms with Crippen LogP contribution in [0.4, 0.5) is 0 Å². The lowest BCUT2D eigenvalue weighted by molar-refractivity contribution is -0.114. The second-order valence-corrected chi connectivity index (χ2v) is 6.18. The van der Waals surface area contributed by atoms with Gasteiger partial charge in [-0.2, -0.15) is 0 Å². The van der Waals surface area contributed by atoms with Gasteiger partial charge in [0, 0.05) is 32.4 Å². The normalized spacial score (nSPS) is 15.2. The Hall–Kier alpha value is -2.27. The molecule has 0 atom stereocenters. The smallest absolute Gasteiger partial charge is 0.265 e. The zero-order chi connectivity index (χ0) is 17.9. The fraction of sp³-hybridized carbons (Fsp3) is 0.450. The van der Waals surface area contributed by atoms with Crippen LogP contribution < -0.4 is 5.32 Å². The number of nitrogens with zero attached hydrogens (tertiary/aromatic N) is 3. The lowest BCUT2D eigenvalue weighted by atomic mass is 10.00. The quantitative estimate of drug-likeness (QED) is 0.427. The summed E-state index contributed by atoms with van der Waals surface area (Å²) in [4.78, 5) is 22.6. The third-order valence-corrected chi connectivity index (χ3v) is 4.28. The maximum absolute atomic E-state index is 12.2. The highest BCUT2D eigenvalue weighted by atomic mass is 16.1. The zero-order valence-corrected chi connectivity index (χ0v) is 15.1. The number of rotatable bonds is 9. The van der Waals surface area contributed by atoms with Crippen molar-refractivity contribution in [2.45, 2.75) is 39.2 Å². The fourth-order valence-electron chi connectivity index (χ4n) is 2.98. The van der Waals surface area contributed by atoms with Crippen molar-refractivity contribution in [1.82, 2.24) is 10.2 Å². The molecule has 0 saturated carbocycles. The van der Waals surface area contributed by atoms with E-state index in [-0.39, 0.29) is 5.91 Å². The van der Waals surface area contributed by atoms with Crippen molar-refractivity contribution in [2.75, 3.05) is 19.6 Å². The first-order chi connectivity index (χ1) is 12.2. The van der Waals surface area contributed by atoms with Crippen molar-refractivity contribution in [3.05, 3.63) is 48.2 Å². The Morgan fingerprint density at radius 1 is 1.36 bits per heavy atom. The van der Waals surface area contributed by atoms with E-state index in [0.717, 1.165) is 38.9 Å². The summed E-state index contributed by atoms with van der Waals surface area (Å²) in [5, 5.41) is 2.97. The molecule has 1 N–H and O–H groups in total. The highest BCUT2D eigenvalue weighted by molar-refractivity contribution is 6.39. The van der Waals surface area contributed by atoms with Crippen molar-refractivity contribution in [1.29, 1.82) is 0 Å². The standard InChI is InChI=1S/C20H28N4O/c1-3-8-19(23-16-21-4-2)20(25)22-12-7-13-24-14-11-17-9-5-6-10-18(17)15-24/h4-6,9-10,16H,2-3,7-8,11-15H2,1H3,(H,22,25)/b21-16-,23-19+. The molecule has 1 aromatic carbocycles. The molecule has 0 fully saturated rings. The van der Waals surface area contributed by atoms with Gasteiger partial charge in [0.15, 0.2) is 0 Å². The minimum atomic E-state index is -0.0960. The first kappa shape index (κ1) is 19.1. The number of benzene rings is 1. The van der Waals surface area contributed by atoms with Crippen molar-refractivity contribution < 1.29 is 4.79 Å². The molecule has 134 valence electrons. The molecule has 0 spiro atoms. The third-order valence-electron chi connectivity index (χ3n) is 4.28. The highest BCUT2D eigenvalue weighted by Crippen LogP contribution is 2.18. The first-order valence-electron chi connectivity index (χ1n) is 9.01. The Morgan fingerprint density at radius 3 is 2.92 bits per heavy atom. The number of carbonyl (C=O) groups excluding carboxylic acids is 1. The maximum Gasteiger partial charge on any atom is 0.265 e. The van der Waals surface area contributed by atoms with Crippen LogP contribution in [0, 0.1) is 0 Å². The summed E-state index contributed by atoms with van der Waals surface area (Å²) in [6.45, 7) is 9.28. The Morgan fingerprint density at radius 2 is 2.16 bits per heavy atom. The molecule has 1 amide bonds. The van der Waals surface area contributed by atoms with E-state index < -0.39 is 0 Å². The van der Waals surface area contributed by atoms with Crippen molar-refractivity contribution in [3.8, 4) is 0 Å². The second-order valence-electron chi connectivity index (χ2n) is 6.18. The van der Waals surface area contributed by atoms with Gasteiger partial charge in [0.1, 0.15) is 12.1 Å². The monoisotopic (exact) mass is 340 g/mol.